The van der Waals surface area contributed by atoms with E-state index in [1.165, 1.54) is 23.1 Å². The van der Waals surface area contributed by atoms with Crippen molar-refractivity contribution in [3.8, 4) is 0 Å². The molecule has 14 heavy (non-hydrogen) atoms. The van der Waals surface area contributed by atoms with Gasteiger partial charge in [0.25, 0.3) is 0 Å². The molecule has 1 heterocycles. The zero-order chi connectivity index (χ0) is 10.1. The van der Waals surface area contributed by atoms with Crippen LogP contribution in [-0.4, -0.2) is 6.26 Å². The SMILES string of the molecule is CSc1cc2ccsc2c(F)c1CCl. The van der Waals surface area contributed by atoms with E-state index in [1.54, 1.807) is 0 Å². The molecule has 0 amide bonds. The molecule has 0 aliphatic heterocycles. The maximum Gasteiger partial charge on any atom is 0.146 e. The molecule has 0 unspecified atom stereocenters. The number of hydrogen-bond donors (Lipinski definition) is 0. The summed E-state index contributed by atoms with van der Waals surface area (Å²) in [5, 5.41) is 2.86. The molecule has 2 rings (SSSR count). The number of thiophene rings is 1. The Morgan fingerprint density at radius 3 is 3.00 bits per heavy atom. The Labute approximate surface area is 95.1 Å². The molecule has 0 atom stereocenters. The van der Waals surface area contributed by atoms with E-state index < -0.39 is 0 Å². The van der Waals surface area contributed by atoms with Crippen molar-refractivity contribution in [1.82, 2.24) is 0 Å². The lowest BCUT2D eigenvalue weighted by atomic mass is 10.2. The highest BCUT2D eigenvalue weighted by atomic mass is 35.5. The first kappa shape index (κ1) is 10.3. The van der Waals surface area contributed by atoms with Gasteiger partial charge in [-0.2, -0.15) is 0 Å². The van der Waals surface area contributed by atoms with Crippen LogP contribution in [0, 0.1) is 5.82 Å². The molecule has 0 nitrogen and oxygen atoms in total. The van der Waals surface area contributed by atoms with Gasteiger partial charge in [0.2, 0.25) is 0 Å². The summed E-state index contributed by atoms with van der Waals surface area (Å²) in [5.74, 6) is 0.0763. The molecular formula is C10H8ClFS2. The predicted octanol–water partition coefficient (Wildman–Crippen LogP) is 4.50. The van der Waals surface area contributed by atoms with Crippen LogP contribution in [0.25, 0.3) is 10.1 Å². The number of hydrogen-bond acceptors (Lipinski definition) is 2. The van der Waals surface area contributed by atoms with Gasteiger partial charge >= 0.3 is 0 Å². The first-order chi connectivity index (χ1) is 6.77. The summed E-state index contributed by atoms with van der Waals surface area (Å²) in [6.45, 7) is 0. The highest BCUT2D eigenvalue weighted by molar-refractivity contribution is 7.98. The summed E-state index contributed by atoms with van der Waals surface area (Å²) in [5.41, 5.74) is 0.620. The van der Waals surface area contributed by atoms with Crippen LogP contribution in [0.5, 0.6) is 0 Å². The summed E-state index contributed by atoms with van der Waals surface area (Å²) in [4.78, 5) is 0.934. The van der Waals surface area contributed by atoms with Gasteiger partial charge in [0.15, 0.2) is 0 Å². The summed E-state index contributed by atoms with van der Waals surface area (Å²) >= 11 is 8.69. The third-order valence-corrected chi connectivity index (χ3v) is 4.09. The van der Waals surface area contributed by atoms with Crippen LogP contribution in [0.2, 0.25) is 0 Å². The molecule has 1 aromatic carbocycles. The fraction of sp³-hybridized carbons (Fsp3) is 0.200. The molecule has 0 bridgehead atoms. The fourth-order valence-corrected chi connectivity index (χ4v) is 3.23. The maximum atomic E-state index is 13.9. The lowest BCUT2D eigenvalue weighted by Crippen LogP contribution is -1.89. The van der Waals surface area contributed by atoms with E-state index in [1.807, 2.05) is 23.8 Å². The van der Waals surface area contributed by atoms with Crippen molar-refractivity contribution in [3.05, 3.63) is 28.9 Å². The third-order valence-electron chi connectivity index (χ3n) is 2.10. The summed E-state index contributed by atoms with van der Waals surface area (Å²) in [7, 11) is 0. The quantitative estimate of drug-likeness (QED) is 0.555. The van der Waals surface area contributed by atoms with Crippen LogP contribution < -0.4 is 0 Å². The number of thioether (sulfide) groups is 1. The van der Waals surface area contributed by atoms with Gasteiger partial charge in [0.1, 0.15) is 5.82 Å². The lowest BCUT2D eigenvalue weighted by molar-refractivity contribution is 0.626. The monoisotopic (exact) mass is 246 g/mol. The van der Waals surface area contributed by atoms with Crippen molar-refractivity contribution in [2.45, 2.75) is 10.8 Å². The van der Waals surface area contributed by atoms with Gasteiger partial charge in [0.05, 0.1) is 10.6 Å². The fourth-order valence-electron chi connectivity index (χ4n) is 1.39. The lowest BCUT2D eigenvalue weighted by Gasteiger charge is -2.06. The van der Waals surface area contributed by atoms with Crippen molar-refractivity contribution in [2.75, 3.05) is 6.26 Å². The Balaban J connectivity index is 2.79. The van der Waals surface area contributed by atoms with Gasteiger partial charge in [-0.1, -0.05) is 0 Å². The highest BCUT2D eigenvalue weighted by Crippen LogP contribution is 2.33. The number of rotatable bonds is 2. The van der Waals surface area contributed by atoms with Crippen LogP contribution in [0.1, 0.15) is 5.56 Å². The standard InChI is InChI=1S/C10H8ClFS2/c1-13-8-4-6-2-3-14-10(6)9(12)7(8)5-11/h2-4H,5H2,1H3. The van der Waals surface area contributed by atoms with Gasteiger partial charge in [-0.3, -0.25) is 0 Å². The Morgan fingerprint density at radius 2 is 2.36 bits per heavy atom. The van der Waals surface area contributed by atoms with Gasteiger partial charge in [-0.05, 0) is 29.2 Å². The Hall–Kier alpha value is -0.250. The minimum absolute atomic E-state index is 0.156. The van der Waals surface area contributed by atoms with Gasteiger partial charge in [-0.15, -0.1) is 34.7 Å². The van der Waals surface area contributed by atoms with Gasteiger partial charge in [0, 0.05) is 10.5 Å². The smallest absolute Gasteiger partial charge is 0.146 e. The molecule has 0 fully saturated rings. The van der Waals surface area contributed by atoms with Crippen LogP contribution in [0.15, 0.2) is 22.4 Å². The average molecular weight is 247 g/mol. The second kappa shape index (κ2) is 4.09. The Bertz CT molecular complexity index is 464. The molecule has 0 spiro atoms. The Kier molecular flexibility index (Phi) is 3.00. The molecule has 0 saturated carbocycles. The van der Waals surface area contributed by atoms with Crippen LogP contribution >= 0.6 is 34.7 Å². The summed E-state index contributed by atoms with van der Waals surface area (Å²) in [6.07, 6.45) is 1.93. The second-order valence-electron chi connectivity index (χ2n) is 2.84. The van der Waals surface area contributed by atoms with Crippen molar-refractivity contribution < 1.29 is 4.39 Å². The van der Waals surface area contributed by atoms with Crippen LogP contribution in [-0.2, 0) is 5.88 Å². The number of fused-ring (bicyclic) bond motifs is 1. The van der Waals surface area contributed by atoms with E-state index >= 15 is 0 Å². The maximum absolute atomic E-state index is 13.9. The highest BCUT2D eigenvalue weighted by Gasteiger charge is 2.12. The molecular weight excluding hydrogens is 239 g/mol. The molecule has 0 aliphatic rings. The minimum Gasteiger partial charge on any atom is -0.205 e. The average Bonchev–Trinajstić information content (AvgIpc) is 2.65. The minimum atomic E-state index is -0.156. The molecule has 2 aromatic rings. The van der Waals surface area contributed by atoms with Crippen LogP contribution in [0.3, 0.4) is 0 Å². The van der Waals surface area contributed by atoms with Crippen molar-refractivity contribution in [2.24, 2.45) is 0 Å². The summed E-state index contributed by atoms with van der Waals surface area (Å²) < 4.78 is 14.6. The van der Waals surface area contributed by atoms with E-state index in [2.05, 4.69) is 0 Å². The molecule has 0 aliphatic carbocycles. The predicted molar refractivity (Wildman–Crippen MR) is 63.1 cm³/mol. The van der Waals surface area contributed by atoms with Gasteiger partial charge < -0.3 is 0 Å². The van der Waals surface area contributed by atoms with E-state index in [-0.39, 0.29) is 11.7 Å². The molecule has 74 valence electrons. The number of benzene rings is 1. The third kappa shape index (κ3) is 1.53. The Morgan fingerprint density at radius 1 is 1.57 bits per heavy atom. The molecule has 0 N–H and O–H groups in total. The molecule has 4 heteroatoms. The normalized spacial score (nSPS) is 11.1. The van der Waals surface area contributed by atoms with E-state index in [0.717, 1.165) is 10.3 Å². The summed E-state index contributed by atoms with van der Waals surface area (Å²) in [6, 6.07) is 3.93. The second-order valence-corrected chi connectivity index (χ2v) is 4.88. The topological polar surface area (TPSA) is 0 Å². The molecule has 0 radical (unpaired) electrons. The first-order valence-corrected chi connectivity index (χ1v) is 6.70. The first-order valence-electron chi connectivity index (χ1n) is 4.06. The van der Waals surface area contributed by atoms with Gasteiger partial charge in [-0.25, -0.2) is 4.39 Å². The van der Waals surface area contributed by atoms with Crippen molar-refractivity contribution in [3.63, 3.8) is 0 Å². The zero-order valence-electron chi connectivity index (χ0n) is 7.51. The zero-order valence-corrected chi connectivity index (χ0v) is 9.90. The van der Waals surface area contributed by atoms with Crippen molar-refractivity contribution >= 4 is 44.8 Å². The number of halogens is 2. The largest absolute Gasteiger partial charge is 0.205 e. The van der Waals surface area contributed by atoms with E-state index in [4.69, 9.17) is 11.6 Å². The molecule has 0 saturated heterocycles. The van der Waals surface area contributed by atoms with Crippen LogP contribution in [0.4, 0.5) is 4.39 Å². The van der Waals surface area contributed by atoms with Crippen molar-refractivity contribution in [1.29, 1.82) is 0 Å². The van der Waals surface area contributed by atoms with E-state index in [0.29, 0.717) is 10.3 Å². The van der Waals surface area contributed by atoms with E-state index in [9.17, 15) is 4.39 Å². The molecule has 1 aromatic heterocycles. The number of alkyl halides is 1.